The van der Waals surface area contributed by atoms with E-state index in [1.165, 1.54) is 12.1 Å². The van der Waals surface area contributed by atoms with E-state index in [9.17, 15) is 22.8 Å². The molecule has 1 aliphatic carbocycles. The molecule has 6 nitrogen and oxygen atoms in total. The van der Waals surface area contributed by atoms with Gasteiger partial charge in [0.1, 0.15) is 11.8 Å². The molecule has 0 spiro atoms. The molecule has 1 aliphatic rings. The van der Waals surface area contributed by atoms with Gasteiger partial charge in [-0.05, 0) is 54.8 Å². The number of benzene rings is 2. The maximum absolute atomic E-state index is 13.1. The van der Waals surface area contributed by atoms with Crippen molar-refractivity contribution in [2.75, 3.05) is 25.5 Å². The van der Waals surface area contributed by atoms with Crippen LogP contribution in [0.25, 0.3) is 0 Å². The van der Waals surface area contributed by atoms with Gasteiger partial charge in [0.25, 0.3) is 5.91 Å². The number of methoxy groups -OCH3 is 1. The van der Waals surface area contributed by atoms with Crippen molar-refractivity contribution in [3.8, 4) is 5.75 Å². The van der Waals surface area contributed by atoms with Gasteiger partial charge in [-0.2, -0.15) is 13.2 Å². The average molecular weight is 492 g/mol. The van der Waals surface area contributed by atoms with E-state index in [1.807, 2.05) is 24.3 Å². The summed E-state index contributed by atoms with van der Waals surface area (Å²) in [5.74, 6) is 0.000463. The second kappa shape index (κ2) is 12.5. The quantitative estimate of drug-likeness (QED) is 0.408. The standard InChI is InChI=1S/C26H32F3N3O3/c1-35-22-12-10-21(11-13-22)30-14-15-31-25(34)23(16-18-6-3-2-4-7-18)32-24(33)19-8-5-9-20(17-19)26(27,28)29/h5,8-13,17-18,23,30H,2-4,6-7,14-16H2,1H3,(H,31,34)(H,32,33)/t23-/m0/s1. The summed E-state index contributed by atoms with van der Waals surface area (Å²) in [4.78, 5) is 25.7. The average Bonchev–Trinajstić information content (AvgIpc) is 2.86. The van der Waals surface area contributed by atoms with Gasteiger partial charge in [0, 0.05) is 24.3 Å². The summed E-state index contributed by atoms with van der Waals surface area (Å²) in [6.07, 6.45) is 1.17. The molecule has 1 atom stereocenters. The molecule has 0 bridgehead atoms. The lowest BCUT2D eigenvalue weighted by Gasteiger charge is -2.27. The van der Waals surface area contributed by atoms with Gasteiger partial charge in [0.2, 0.25) is 5.91 Å². The minimum Gasteiger partial charge on any atom is -0.497 e. The predicted molar refractivity (Wildman–Crippen MR) is 128 cm³/mol. The Morgan fingerprint density at radius 3 is 2.40 bits per heavy atom. The molecule has 3 N–H and O–H groups in total. The summed E-state index contributed by atoms with van der Waals surface area (Å²) >= 11 is 0. The Morgan fingerprint density at radius 2 is 1.74 bits per heavy atom. The molecular formula is C26H32F3N3O3. The molecule has 0 radical (unpaired) electrons. The van der Waals surface area contributed by atoms with Crippen LogP contribution in [0.1, 0.15) is 54.4 Å². The van der Waals surface area contributed by atoms with Crippen molar-refractivity contribution in [1.29, 1.82) is 0 Å². The van der Waals surface area contributed by atoms with Crippen molar-refractivity contribution in [1.82, 2.24) is 10.6 Å². The lowest BCUT2D eigenvalue weighted by Crippen LogP contribution is -2.48. The zero-order valence-electron chi connectivity index (χ0n) is 19.8. The fourth-order valence-corrected chi connectivity index (χ4v) is 4.29. The van der Waals surface area contributed by atoms with Crippen LogP contribution in [0, 0.1) is 5.92 Å². The highest BCUT2D eigenvalue weighted by molar-refractivity contribution is 5.97. The van der Waals surface area contributed by atoms with Crippen LogP contribution >= 0.6 is 0 Å². The van der Waals surface area contributed by atoms with E-state index >= 15 is 0 Å². The highest BCUT2D eigenvalue weighted by atomic mass is 19.4. The third-order valence-corrected chi connectivity index (χ3v) is 6.21. The highest BCUT2D eigenvalue weighted by Crippen LogP contribution is 2.30. The SMILES string of the molecule is COc1ccc(NCCNC(=O)[C@H](CC2CCCCC2)NC(=O)c2cccc(C(F)(F)F)c2)cc1. The number of amides is 2. The Hall–Kier alpha value is -3.23. The first-order valence-corrected chi connectivity index (χ1v) is 11.9. The first-order chi connectivity index (χ1) is 16.8. The molecule has 3 rings (SSSR count). The molecule has 0 aromatic heterocycles. The smallest absolute Gasteiger partial charge is 0.416 e. The molecule has 0 heterocycles. The number of rotatable bonds is 10. The Bertz CT molecular complexity index is 974. The summed E-state index contributed by atoms with van der Waals surface area (Å²) in [5, 5.41) is 8.71. The van der Waals surface area contributed by atoms with E-state index in [-0.39, 0.29) is 11.5 Å². The van der Waals surface area contributed by atoms with Crippen molar-refractivity contribution in [3.63, 3.8) is 0 Å². The van der Waals surface area contributed by atoms with Crippen LogP contribution in [0.15, 0.2) is 48.5 Å². The number of hydrogen-bond acceptors (Lipinski definition) is 4. The molecule has 1 fully saturated rings. The van der Waals surface area contributed by atoms with E-state index in [2.05, 4.69) is 16.0 Å². The molecule has 0 unspecified atom stereocenters. The number of hydrogen-bond donors (Lipinski definition) is 3. The van der Waals surface area contributed by atoms with Crippen LogP contribution < -0.4 is 20.7 Å². The molecule has 1 saturated carbocycles. The van der Waals surface area contributed by atoms with Gasteiger partial charge in [-0.25, -0.2) is 0 Å². The van der Waals surface area contributed by atoms with Gasteiger partial charge in [-0.3, -0.25) is 9.59 Å². The van der Waals surface area contributed by atoms with Crippen molar-refractivity contribution < 1.29 is 27.5 Å². The Balaban J connectivity index is 1.59. The molecular weight excluding hydrogens is 459 g/mol. The first kappa shape index (κ1) is 26.4. The van der Waals surface area contributed by atoms with Crippen LogP contribution in [-0.4, -0.2) is 38.1 Å². The third-order valence-electron chi connectivity index (χ3n) is 6.21. The number of carbonyl (C=O) groups is 2. The molecule has 2 amide bonds. The fraction of sp³-hybridized carbons (Fsp3) is 0.462. The molecule has 35 heavy (non-hydrogen) atoms. The monoisotopic (exact) mass is 491 g/mol. The van der Waals surface area contributed by atoms with E-state index < -0.39 is 23.7 Å². The zero-order valence-corrected chi connectivity index (χ0v) is 19.8. The predicted octanol–water partition coefficient (Wildman–Crippen LogP) is 5.01. The molecule has 0 saturated heterocycles. The molecule has 2 aromatic carbocycles. The zero-order chi connectivity index (χ0) is 25.3. The van der Waals surface area contributed by atoms with Gasteiger partial charge in [-0.15, -0.1) is 0 Å². The summed E-state index contributed by atoms with van der Waals surface area (Å²) < 4.78 is 44.3. The number of ether oxygens (including phenoxy) is 1. The second-order valence-electron chi connectivity index (χ2n) is 8.79. The van der Waals surface area contributed by atoms with Crippen LogP contribution in [0.3, 0.4) is 0 Å². The van der Waals surface area contributed by atoms with Gasteiger partial charge < -0.3 is 20.7 Å². The van der Waals surface area contributed by atoms with Crippen LogP contribution in [-0.2, 0) is 11.0 Å². The second-order valence-corrected chi connectivity index (χ2v) is 8.79. The van der Waals surface area contributed by atoms with Gasteiger partial charge in [0.15, 0.2) is 0 Å². The van der Waals surface area contributed by atoms with E-state index in [0.29, 0.717) is 25.4 Å². The van der Waals surface area contributed by atoms with Crippen LogP contribution in [0.4, 0.5) is 18.9 Å². The Morgan fingerprint density at radius 1 is 1.03 bits per heavy atom. The molecule has 190 valence electrons. The number of alkyl halides is 3. The maximum Gasteiger partial charge on any atom is 0.416 e. The summed E-state index contributed by atoms with van der Waals surface area (Å²) in [5.41, 5.74) is -0.151. The Labute approximate surface area is 203 Å². The van der Waals surface area contributed by atoms with Crippen molar-refractivity contribution in [2.24, 2.45) is 5.92 Å². The fourth-order valence-electron chi connectivity index (χ4n) is 4.29. The number of carbonyl (C=O) groups excluding carboxylic acids is 2. The molecule has 2 aromatic rings. The normalized spacial score (nSPS) is 15.2. The van der Waals surface area contributed by atoms with Gasteiger partial charge in [0.05, 0.1) is 12.7 Å². The number of nitrogens with one attached hydrogen (secondary N) is 3. The lowest BCUT2D eigenvalue weighted by atomic mass is 9.84. The largest absolute Gasteiger partial charge is 0.497 e. The van der Waals surface area contributed by atoms with Crippen LogP contribution in [0.5, 0.6) is 5.75 Å². The van der Waals surface area contributed by atoms with Crippen LogP contribution in [0.2, 0.25) is 0 Å². The Kier molecular flexibility index (Phi) is 9.39. The minimum atomic E-state index is -4.55. The summed E-state index contributed by atoms with van der Waals surface area (Å²) in [6.45, 7) is 0.793. The van der Waals surface area contributed by atoms with Crippen molar-refractivity contribution in [2.45, 2.75) is 50.7 Å². The van der Waals surface area contributed by atoms with Gasteiger partial charge >= 0.3 is 6.18 Å². The van der Waals surface area contributed by atoms with E-state index in [0.717, 1.165) is 55.7 Å². The third kappa shape index (κ3) is 8.19. The topological polar surface area (TPSA) is 79.5 Å². The molecule has 0 aliphatic heterocycles. The summed E-state index contributed by atoms with van der Waals surface area (Å²) in [7, 11) is 1.59. The maximum atomic E-state index is 13.1. The minimum absolute atomic E-state index is 0.123. The molecule has 9 heteroatoms. The van der Waals surface area contributed by atoms with E-state index in [1.54, 1.807) is 7.11 Å². The number of halogens is 3. The number of anilines is 1. The van der Waals surface area contributed by atoms with E-state index in [4.69, 9.17) is 4.74 Å². The van der Waals surface area contributed by atoms with Crippen molar-refractivity contribution in [3.05, 3.63) is 59.7 Å². The lowest BCUT2D eigenvalue weighted by molar-refractivity contribution is -0.137. The highest BCUT2D eigenvalue weighted by Gasteiger charge is 2.31. The first-order valence-electron chi connectivity index (χ1n) is 11.9. The van der Waals surface area contributed by atoms with Gasteiger partial charge in [-0.1, -0.05) is 38.2 Å². The van der Waals surface area contributed by atoms with Crippen molar-refractivity contribution >= 4 is 17.5 Å². The summed E-state index contributed by atoms with van der Waals surface area (Å²) in [6, 6.07) is 10.8.